The summed E-state index contributed by atoms with van der Waals surface area (Å²) < 4.78 is 0. The molecule has 2 heteroatoms. The van der Waals surface area contributed by atoms with E-state index in [1.165, 1.54) is 25.1 Å². The van der Waals surface area contributed by atoms with E-state index in [0.717, 1.165) is 23.9 Å². The second-order valence-electron chi connectivity index (χ2n) is 5.68. The van der Waals surface area contributed by atoms with Crippen LogP contribution in [0.1, 0.15) is 31.4 Å². The molecule has 2 nitrogen and oxygen atoms in total. The molecule has 1 atom stereocenters. The Morgan fingerprint density at radius 3 is 2.63 bits per heavy atom. The first-order valence-corrected chi connectivity index (χ1v) is 7.10. The largest absolute Gasteiger partial charge is 0.384 e. The maximum Gasteiger partial charge on any atom is 0.104 e. The van der Waals surface area contributed by atoms with Crippen molar-refractivity contribution < 1.29 is 5.11 Å². The summed E-state index contributed by atoms with van der Waals surface area (Å²) in [5, 5.41) is 8.66. The normalized spacial score (nSPS) is 19.5. The Morgan fingerprint density at radius 1 is 1.32 bits per heavy atom. The average Bonchev–Trinajstić information content (AvgIpc) is 2.87. The van der Waals surface area contributed by atoms with E-state index in [1.807, 2.05) is 12.1 Å². The average molecular weight is 257 g/mol. The van der Waals surface area contributed by atoms with E-state index in [-0.39, 0.29) is 6.61 Å². The van der Waals surface area contributed by atoms with E-state index in [9.17, 15) is 0 Å². The zero-order chi connectivity index (χ0) is 13.7. The van der Waals surface area contributed by atoms with Crippen LogP contribution in [-0.2, 0) is 6.54 Å². The zero-order valence-corrected chi connectivity index (χ0v) is 11.9. The smallest absolute Gasteiger partial charge is 0.104 e. The van der Waals surface area contributed by atoms with Crippen molar-refractivity contribution in [3.8, 4) is 11.8 Å². The van der Waals surface area contributed by atoms with Gasteiger partial charge in [-0.25, -0.2) is 0 Å². The highest BCUT2D eigenvalue weighted by molar-refractivity contribution is 5.36. The second-order valence-corrected chi connectivity index (χ2v) is 5.68. The molecule has 0 aromatic heterocycles. The fraction of sp³-hybridized carbons (Fsp3) is 0.529. The van der Waals surface area contributed by atoms with Gasteiger partial charge in [-0.15, -0.1) is 0 Å². The molecule has 1 fully saturated rings. The Hall–Kier alpha value is -1.30. The lowest BCUT2D eigenvalue weighted by atomic mass is 9.95. The molecule has 0 radical (unpaired) electrons. The van der Waals surface area contributed by atoms with Crippen molar-refractivity contribution in [1.29, 1.82) is 0 Å². The first-order chi connectivity index (χ1) is 9.19. The number of aliphatic hydroxyl groups is 1. The number of aliphatic hydroxyl groups excluding tert-OH is 1. The maximum atomic E-state index is 8.66. The standard InChI is InChI=1S/C17H23NO/c1-14(2)17-9-10-18(13-17)12-16-7-5-15(6-8-16)4-3-11-19/h5-8,14,17,19H,9-13H2,1-2H3. The highest BCUT2D eigenvalue weighted by atomic mass is 16.2. The Bertz CT molecular complexity index is 452. The molecule has 19 heavy (non-hydrogen) atoms. The third-order valence-electron chi connectivity index (χ3n) is 3.92. The van der Waals surface area contributed by atoms with Crippen LogP contribution in [0.5, 0.6) is 0 Å². The van der Waals surface area contributed by atoms with Crippen LogP contribution in [-0.4, -0.2) is 29.7 Å². The minimum Gasteiger partial charge on any atom is -0.384 e. The summed E-state index contributed by atoms with van der Waals surface area (Å²) in [5.41, 5.74) is 2.32. The quantitative estimate of drug-likeness (QED) is 0.841. The topological polar surface area (TPSA) is 23.5 Å². The monoisotopic (exact) mass is 257 g/mol. The van der Waals surface area contributed by atoms with Gasteiger partial charge < -0.3 is 5.11 Å². The third kappa shape index (κ3) is 4.09. The summed E-state index contributed by atoms with van der Waals surface area (Å²) in [4.78, 5) is 2.54. The van der Waals surface area contributed by atoms with Gasteiger partial charge in [0.15, 0.2) is 0 Å². The van der Waals surface area contributed by atoms with Crippen LogP contribution in [0, 0.1) is 23.7 Å². The summed E-state index contributed by atoms with van der Waals surface area (Å²) in [6.45, 7) is 8.05. The minimum absolute atomic E-state index is 0.0773. The van der Waals surface area contributed by atoms with Crippen LogP contribution >= 0.6 is 0 Å². The molecular formula is C17H23NO. The summed E-state index contributed by atoms with van der Waals surface area (Å²) in [6.07, 6.45) is 1.33. The van der Waals surface area contributed by atoms with Gasteiger partial charge in [-0.1, -0.05) is 37.8 Å². The number of likely N-dealkylation sites (tertiary alicyclic amines) is 1. The van der Waals surface area contributed by atoms with Gasteiger partial charge in [0.25, 0.3) is 0 Å². The van der Waals surface area contributed by atoms with E-state index in [0.29, 0.717) is 0 Å². The molecule has 0 spiro atoms. The lowest BCUT2D eigenvalue weighted by Crippen LogP contribution is -2.21. The molecule has 0 bridgehead atoms. The number of hydrogen-bond donors (Lipinski definition) is 1. The van der Waals surface area contributed by atoms with Gasteiger partial charge >= 0.3 is 0 Å². The molecule has 0 aliphatic carbocycles. The molecule has 0 amide bonds. The summed E-state index contributed by atoms with van der Waals surface area (Å²) >= 11 is 0. The molecule has 2 rings (SSSR count). The predicted molar refractivity (Wildman–Crippen MR) is 78.6 cm³/mol. The van der Waals surface area contributed by atoms with Crippen LogP contribution in [0.25, 0.3) is 0 Å². The van der Waals surface area contributed by atoms with Crippen LogP contribution in [0.3, 0.4) is 0 Å². The summed E-state index contributed by atoms with van der Waals surface area (Å²) in [5.74, 6) is 7.24. The van der Waals surface area contributed by atoms with Crippen LogP contribution in [0.4, 0.5) is 0 Å². The summed E-state index contributed by atoms with van der Waals surface area (Å²) in [6, 6.07) is 8.36. The number of hydrogen-bond acceptors (Lipinski definition) is 2. The van der Waals surface area contributed by atoms with Crippen LogP contribution in [0.2, 0.25) is 0 Å². The van der Waals surface area contributed by atoms with Gasteiger partial charge in [-0.05, 0) is 42.5 Å². The van der Waals surface area contributed by atoms with E-state index in [2.05, 4.69) is 42.7 Å². The molecule has 0 saturated carbocycles. The Balaban J connectivity index is 1.90. The van der Waals surface area contributed by atoms with Crippen LogP contribution < -0.4 is 0 Å². The molecular weight excluding hydrogens is 234 g/mol. The minimum atomic E-state index is -0.0773. The van der Waals surface area contributed by atoms with Crippen LogP contribution in [0.15, 0.2) is 24.3 Å². The van der Waals surface area contributed by atoms with Gasteiger partial charge in [0, 0.05) is 18.7 Å². The molecule has 102 valence electrons. The Labute approximate surface area is 116 Å². The molecule has 1 aromatic rings. The van der Waals surface area contributed by atoms with Crippen molar-refractivity contribution in [1.82, 2.24) is 4.90 Å². The maximum absolute atomic E-state index is 8.66. The predicted octanol–water partition coefficient (Wildman–Crippen LogP) is 2.51. The van der Waals surface area contributed by atoms with Crippen molar-refractivity contribution >= 4 is 0 Å². The molecule has 1 aliphatic heterocycles. The van der Waals surface area contributed by atoms with Crippen molar-refractivity contribution in [3.63, 3.8) is 0 Å². The molecule has 1 saturated heterocycles. The van der Waals surface area contributed by atoms with E-state index >= 15 is 0 Å². The van der Waals surface area contributed by atoms with Crippen molar-refractivity contribution in [3.05, 3.63) is 35.4 Å². The fourth-order valence-corrected chi connectivity index (χ4v) is 2.64. The third-order valence-corrected chi connectivity index (χ3v) is 3.92. The first kappa shape index (κ1) is 14.1. The van der Waals surface area contributed by atoms with Crippen molar-refractivity contribution in [2.24, 2.45) is 11.8 Å². The number of benzene rings is 1. The van der Waals surface area contributed by atoms with E-state index < -0.39 is 0 Å². The van der Waals surface area contributed by atoms with Gasteiger partial charge in [0.2, 0.25) is 0 Å². The Morgan fingerprint density at radius 2 is 2.05 bits per heavy atom. The lowest BCUT2D eigenvalue weighted by molar-refractivity contribution is 0.297. The zero-order valence-electron chi connectivity index (χ0n) is 11.9. The van der Waals surface area contributed by atoms with Crippen molar-refractivity contribution in [2.45, 2.75) is 26.8 Å². The van der Waals surface area contributed by atoms with E-state index in [4.69, 9.17) is 5.11 Å². The van der Waals surface area contributed by atoms with E-state index in [1.54, 1.807) is 0 Å². The summed E-state index contributed by atoms with van der Waals surface area (Å²) in [7, 11) is 0. The SMILES string of the molecule is CC(C)C1CCN(Cc2ccc(C#CCO)cc2)C1. The van der Waals surface area contributed by atoms with Gasteiger partial charge in [0.05, 0.1) is 0 Å². The molecule has 1 aromatic carbocycles. The number of nitrogens with zero attached hydrogens (tertiary/aromatic N) is 1. The van der Waals surface area contributed by atoms with Crippen molar-refractivity contribution in [2.75, 3.05) is 19.7 Å². The lowest BCUT2D eigenvalue weighted by Gasteiger charge is -2.17. The second kappa shape index (κ2) is 6.75. The Kier molecular flexibility index (Phi) is 5.01. The first-order valence-electron chi connectivity index (χ1n) is 7.10. The highest BCUT2D eigenvalue weighted by Crippen LogP contribution is 2.24. The number of rotatable bonds is 3. The molecule has 1 heterocycles. The molecule has 1 aliphatic rings. The van der Waals surface area contributed by atoms with Gasteiger partial charge in [-0.2, -0.15) is 0 Å². The van der Waals surface area contributed by atoms with Gasteiger partial charge in [-0.3, -0.25) is 4.90 Å². The van der Waals surface area contributed by atoms with Gasteiger partial charge in [0.1, 0.15) is 6.61 Å². The highest BCUT2D eigenvalue weighted by Gasteiger charge is 2.24. The molecule has 1 N–H and O–H groups in total. The molecule has 1 unspecified atom stereocenters. The fourth-order valence-electron chi connectivity index (χ4n) is 2.64.